The number of amides is 1. The van der Waals surface area contributed by atoms with Crippen LogP contribution in [0, 0.1) is 0 Å². The number of hydrogen-bond donors (Lipinski definition) is 2. The highest BCUT2D eigenvalue weighted by molar-refractivity contribution is 6.20. The fourth-order valence-electron chi connectivity index (χ4n) is 2.73. The highest BCUT2D eigenvalue weighted by Gasteiger charge is 2.40. The van der Waals surface area contributed by atoms with Crippen LogP contribution in [0.25, 0.3) is 10.9 Å². The highest BCUT2D eigenvalue weighted by atomic mass is 16.3. The van der Waals surface area contributed by atoms with Crippen LogP contribution in [0.2, 0.25) is 0 Å². The van der Waals surface area contributed by atoms with Crippen LogP contribution >= 0.6 is 0 Å². The fourth-order valence-corrected chi connectivity index (χ4v) is 2.73. The number of aliphatic hydroxyl groups is 1. The first-order chi connectivity index (χ1) is 9.52. The molecule has 2 heterocycles. The number of likely N-dealkylation sites (N-methyl/N-ethyl adjacent to an activating group) is 1. The molecule has 0 aliphatic carbocycles. The van der Waals surface area contributed by atoms with Crippen LogP contribution in [0.3, 0.4) is 0 Å². The molecule has 1 aromatic carbocycles. The molecule has 102 valence electrons. The van der Waals surface area contributed by atoms with E-state index in [2.05, 4.69) is 4.98 Å². The van der Waals surface area contributed by atoms with E-state index in [0.29, 0.717) is 0 Å². The molecular formula is C15H14N2O3. The summed E-state index contributed by atoms with van der Waals surface area (Å²) in [4.78, 5) is 28.1. The number of Topliss-reactive ketones (excluding diaryl/α,β-unsaturated/α-hetero) is 1. The summed E-state index contributed by atoms with van der Waals surface area (Å²) in [6.07, 6.45) is 1.76. The van der Waals surface area contributed by atoms with Crippen LogP contribution in [0.1, 0.15) is 18.5 Å². The Morgan fingerprint density at radius 1 is 1.35 bits per heavy atom. The van der Waals surface area contributed by atoms with Crippen molar-refractivity contribution in [3.05, 3.63) is 47.4 Å². The van der Waals surface area contributed by atoms with Gasteiger partial charge in [-0.2, -0.15) is 0 Å². The first-order valence-corrected chi connectivity index (χ1v) is 6.29. The lowest BCUT2D eigenvalue weighted by Crippen LogP contribution is -2.26. The Kier molecular flexibility index (Phi) is 2.64. The molecular weight excluding hydrogens is 256 g/mol. The maximum Gasteiger partial charge on any atom is 0.261 e. The normalized spacial score (nSPS) is 19.2. The minimum absolute atomic E-state index is 0.122. The standard InChI is InChI=1S/C15H14N2O3/c1-8(18)12-14(19)13(17(2)15(12)20)10-7-16-11-6-4-3-5-9(10)11/h3-7,13,16,19H,1-2H3. The number of nitrogens with zero attached hydrogens (tertiary/aromatic N) is 1. The Balaban J connectivity index is 2.19. The lowest BCUT2D eigenvalue weighted by atomic mass is 10.0. The lowest BCUT2D eigenvalue weighted by Gasteiger charge is -2.20. The van der Waals surface area contributed by atoms with E-state index in [4.69, 9.17) is 0 Å². The molecule has 5 nitrogen and oxygen atoms in total. The van der Waals surface area contributed by atoms with Crippen LogP contribution < -0.4 is 0 Å². The Hall–Kier alpha value is -2.56. The fraction of sp³-hybridized carbons (Fsp3) is 0.200. The van der Waals surface area contributed by atoms with E-state index in [1.165, 1.54) is 11.8 Å². The van der Waals surface area contributed by atoms with Gasteiger partial charge in [0, 0.05) is 29.7 Å². The molecule has 1 amide bonds. The molecule has 2 N–H and O–H groups in total. The summed E-state index contributed by atoms with van der Waals surface area (Å²) in [5, 5.41) is 11.2. The first kappa shape index (κ1) is 12.5. The van der Waals surface area contributed by atoms with Crippen LogP contribution in [0.5, 0.6) is 0 Å². The van der Waals surface area contributed by atoms with Crippen molar-refractivity contribution in [1.82, 2.24) is 9.88 Å². The Labute approximate surface area is 115 Å². The predicted octanol–water partition coefficient (Wildman–Crippen LogP) is 2.08. The molecule has 0 saturated carbocycles. The van der Waals surface area contributed by atoms with Gasteiger partial charge in [-0.05, 0) is 13.0 Å². The second-order valence-corrected chi connectivity index (χ2v) is 4.92. The van der Waals surface area contributed by atoms with Crippen LogP contribution in [0.15, 0.2) is 41.8 Å². The number of hydrogen-bond acceptors (Lipinski definition) is 3. The van der Waals surface area contributed by atoms with Gasteiger partial charge in [-0.25, -0.2) is 0 Å². The molecule has 1 unspecified atom stereocenters. The summed E-state index contributed by atoms with van der Waals surface area (Å²) >= 11 is 0. The van der Waals surface area contributed by atoms with Crippen molar-refractivity contribution in [3.8, 4) is 0 Å². The zero-order chi connectivity index (χ0) is 14.4. The van der Waals surface area contributed by atoms with Crippen molar-refractivity contribution < 1.29 is 14.7 Å². The van der Waals surface area contributed by atoms with Gasteiger partial charge in [0.1, 0.15) is 17.4 Å². The SMILES string of the molecule is CC(=O)C1=C(O)C(c2c[nH]c3ccccc23)N(C)C1=O. The Bertz CT molecular complexity index is 757. The van der Waals surface area contributed by atoms with E-state index in [0.717, 1.165) is 16.5 Å². The molecule has 1 aliphatic rings. The second kappa shape index (κ2) is 4.23. The average Bonchev–Trinajstić information content (AvgIpc) is 2.91. The number of carbonyl (C=O) groups excluding carboxylic acids is 2. The quantitative estimate of drug-likeness (QED) is 0.820. The van der Waals surface area contributed by atoms with Crippen LogP contribution in [0.4, 0.5) is 0 Å². The first-order valence-electron chi connectivity index (χ1n) is 6.29. The number of nitrogens with one attached hydrogen (secondary N) is 1. The zero-order valence-electron chi connectivity index (χ0n) is 11.2. The molecule has 1 aromatic heterocycles. The Morgan fingerprint density at radius 2 is 2.05 bits per heavy atom. The summed E-state index contributed by atoms with van der Waals surface area (Å²) in [6.45, 7) is 1.29. The summed E-state index contributed by atoms with van der Waals surface area (Å²) in [5.41, 5.74) is 1.58. The number of fused-ring (bicyclic) bond motifs is 1. The molecule has 2 aromatic rings. The summed E-state index contributed by atoms with van der Waals surface area (Å²) < 4.78 is 0. The van der Waals surface area contributed by atoms with Crippen LogP contribution in [-0.4, -0.2) is 33.7 Å². The summed E-state index contributed by atoms with van der Waals surface area (Å²) in [6, 6.07) is 7.02. The molecule has 20 heavy (non-hydrogen) atoms. The van der Waals surface area contributed by atoms with Gasteiger partial charge in [-0.15, -0.1) is 0 Å². The molecule has 0 spiro atoms. The maximum absolute atomic E-state index is 12.1. The number of ketones is 1. The minimum Gasteiger partial charge on any atom is -0.509 e. The molecule has 0 radical (unpaired) electrons. The topological polar surface area (TPSA) is 73.4 Å². The largest absolute Gasteiger partial charge is 0.509 e. The van der Waals surface area contributed by atoms with Gasteiger partial charge in [0.2, 0.25) is 0 Å². The average molecular weight is 270 g/mol. The van der Waals surface area contributed by atoms with E-state index >= 15 is 0 Å². The number of rotatable bonds is 2. The van der Waals surface area contributed by atoms with E-state index in [1.54, 1.807) is 13.2 Å². The third kappa shape index (κ3) is 1.56. The second-order valence-electron chi connectivity index (χ2n) is 4.92. The van der Waals surface area contributed by atoms with Crippen molar-refractivity contribution in [2.24, 2.45) is 0 Å². The Morgan fingerprint density at radius 3 is 2.70 bits per heavy atom. The molecule has 1 aliphatic heterocycles. The third-order valence-corrected chi connectivity index (χ3v) is 3.70. The number of aliphatic hydroxyl groups excluding tert-OH is 1. The number of para-hydroxylation sites is 1. The molecule has 0 bridgehead atoms. The van der Waals surface area contributed by atoms with E-state index < -0.39 is 17.7 Å². The number of carbonyl (C=O) groups is 2. The van der Waals surface area contributed by atoms with Gasteiger partial charge in [-0.3, -0.25) is 9.59 Å². The van der Waals surface area contributed by atoms with E-state index in [-0.39, 0.29) is 11.3 Å². The lowest BCUT2D eigenvalue weighted by molar-refractivity contribution is -0.127. The third-order valence-electron chi connectivity index (χ3n) is 3.70. The van der Waals surface area contributed by atoms with Crippen molar-refractivity contribution in [2.75, 3.05) is 7.05 Å². The van der Waals surface area contributed by atoms with Gasteiger partial charge in [0.25, 0.3) is 5.91 Å². The zero-order valence-corrected chi connectivity index (χ0v) is 11.2. The van der Waals surface area contributed by atoms with Crippen molar-refractivity contribution in [2.45, 2.75) is 13.0 Å². The number of H-pyrrole nitrogens is 1. The molecule has 1 atom stereocenters. The van der Waals surface area contributed by atoms with Gasteiger partial charge in [0.15, 0.2) is 5.78 Å². The van der Waals surface area contributed by atoms with Crippen molar-refractivity contribution >= 4 is 22.6 Å². The summed E-state index contributed by atoms with van der Waals surface area (Å²) in [7, 11) is 1.58. The number of aromatic amines is 1. The smallest absolute Gasteiger partial charge is 0.261 e. The van der Waals surface area contributed by atoms with E-state index in [1.807, 2.05) is 24.3 Å². The van der Waals surface area contributed by atoms with Gasteiger partial charge in [0.05, 0.1) is 0 Å². The van der Waals surface area contributed by atoms with Gasteiger partial charge in [-0.1, -0.05) is 18.2 Å². The van der Waals surface area contributed by atoms with Gasteiger partial charge < -0.3 is 15.0 Å². The maximum atomic E-state index is 12.1. The van der Waals surface area contributed by atoms with Crippen molar-refractivity contribution in [3.63, 3.8) is 0 Å². The van der Waals surface area contributed by atoms with Crippen molar-refractivity contribution in [1.29, 1.82) is 0 Å². The highest BCUT2D eigenvalue weighted by Crippen LogP contribution is 2.38. The molecule has 5 heteroatoms. The number of aromatic nitrogens is 1. The number of benzene rings is 1. The van der Waals surface area contributed by atoms with Gasteiger partial charge >= 0.3 is 0 Å². The molecule has 0 fully saturated rings. The summed E-state index contributed by atoms with van der Waals surface area (Å²) in [5.74, 6) is -1.03. The molecule has 3 rings (SSSR count). The van der Waals surface area contributed by atoms with E-state index in [9.17, 15) is 14.7 Å². The minimum atomic E-state index is -0.613. The monoisotopic (exact) mass is 270 g/mol. The molecule has 0 saturated heterocycles. The predicted molar refractivity (Wildman–Crippen MR) is 74.1 cm³/mol. The van der Waals surface area contributed by atoms with Crippen LogP contribution in [-0.2, 0) is 9.59 Å².